The highest BCUT2D eigenvalue weighted by atomic mass is 35.5. The number of carbonyl (C=O) groups excluding carboxylic acids is 1. The fourth-order valence-corrected chi connectivity index (χ4v) is 3.67. The molecule has 0 atom stereocenters. The number of hydrogen-bond donors (Lipinski definition) is 1. The Bertz CT molecular complexity index is 652. The number of halogens is 1. The smallest absolute Gasteiger partial charge is 0.243 e. The van der Waals surface area contributed by atoms with E-state index in [1.54, 1.807) is 6.07 Å². The number of amides is 1. The minimum Gasteiger partial charge on any atom is -0.347 e. The lowest BCUT2D eigenvalue weighted by Gasteiger charge is -2.38. The van der Waals surface area contributed by atoms with Gasteiger partial charge < -0.3 is 5.32 Å². The highest BCUT2D eigenvalue weighted by Crippen LogP contribution is 2.25. The molecule has 0 aliphatic carbocycles. The van der Waals surface area contributed by atoms with Crippen LogP contribution in [0, 0.1) is 6.92 Å². The standard InChI is InChI=1S/C13H15ClN2O3S/c1-3-13(17)15-10-7-16(8-10)20(18,19)11-5-4-9(2)12(14)6-11/h3-6,10H,1,7-8H2,2H3,(H,15,17). The van der Waals surface area contributed by atoms with Crippen molar-refractivity contribution in [3.8, 4) is 0 Å². The summed E-state index contributed by atoms with van der Waals surface area (Å²) in [4.78, 5) is 11.3. The maximum atomic E-state index is 12.3. The SMILES string of the molecule is C=CC(=O)NC1CN(S(=O)(=O)c2ccc(C)c(Cl)c2)C1. The number of aryl methyl sites for hydroxylation is 1. The lowest BCUT2D eigenvalue weighted by atomic mass is 10.2. The van der Waals surface area contributed by atoms with E-state index >= 15 is 0 Å². The molecule has 108 valence electrons. The second-order valence-electron chi connectivity index (χ2n) is 4.64. The maximum Gasteiger partial charge on any atom is 0.243 e. The molecule has 1 amide bonds. The molecule has 7 heteroatoms. The van der Waals surface area contributed by atoms with Crippen LogP contribution in [0.5, 0.6) is 0 Å². The van der Waals surface area contributed by atoms with Crippen molar-refractivity contribution in [1.82, 2.24) is 9.62 Å². The van der Waals surface area contributed by atoms with E-state index in [0.717, 1.165) is 11.6 Å². The molecule has 1 fully saturated rings. The van der Waals surface area contributed by atoms with Crippen molar-refractivity contribution in [1.29, 1.82) is 0 Å². The van der Waals surface area contributed by atoms with Gasteiger partial charge in [-0.1, -0.05) is 24.2 Å². The third-order valence-electron chi connectivity index (χ3n) is 3.16. The zero-order valence-electron chi connectivity index (χ0n) is 11.0. The minimum absolute atomic E-state index is 0.168. The molecule has 1 aromatic carbocycles. The molecule has 0 spiro atoms. The lowest BCUT2D eigenvalue weighted by molar-refractivity contribution is -0.117. The van der Waals surface area contributed by atoms with Crippen LogP contribution in [0.1, 0.15) is 5.56 Å². The van der Waals surface area contributed by atoms with Gasteiger partial charge in [0.15, 0.2) is 0 Å². The zero-order valence-corrected chi connectivity index (χ0v) is 12.5. The van der Waals surface area contributed by atoms with Crippen molar-refractivity contribution in [3.63, 3.8) is 0 Å². The Kier molecular flexibility index (Phi) is 4.17. The average molecular weight is 315 g/mol. The lowest BCUT2D eigenvalue weighted by Crippen LogP contribution is -2.60. The molecule has 1 N–H and O–H groups in total. The van der Waals surface area contributed by atoms with Crippen LogP contribution in [0.4, 0.5) is 0 Å². The van der Waals surface area contributed by atoms with E-state index in [1.165, 1.54) is 16.4 Å². The molecule has 0 aromatic heterocycles. The van der Waals surface area contributed by atoms with Gasteiger partial charge in [-0.3, -0.25) is 4.79 Å². The zero-order chi connectivity index (χ0) is 14.9. The molecular formula is C13H15ClN2O3S. The summed E-state index contributed by atoms with van der Waals surface area (Å²) in [5.41, 5.74) is 0.824. The molecule has 0 bridgehead atoms. The van der Waals surface area contributed by atoms with Crippen molar-refractivity contribution in [2.75, 3.05) is 13.1 Å². The Morgan fingerprint density at radius 2 is 2.15 bits per heavy atom. The second kappa shape index (κ2) is 5.55. The molecule has 1 saturated heterocycles. The normalized spacial score (nSPS) is 16.5. The third kappa shape index (κ3) is 2.87. The largest absolute Gasteiger partial charge is 0.347 e. The summed E-state index contributed by atoms with van der Waals surface area (Å²) >= 11 is 5.95. The molecule has 1 aliphatic rings. The van der Waals surface area contributed by atoms with Gasteiger partial charge in [-0.05, 0) is 30.7 Å². The number of benzene rings is 1. The number of hydrogen-bond acceptors (Lipinski definition) is 3. The summed E-state index contributed by atoms with van der Waals surface area (Å²) in [6.07, 6.45) is 1.16. The first-order chi connectivity index (χ1) is 9.34. The Morgan fingerprint density at radius 1 is 1.50 bits per heavy atom. The van der Waals surface area contributed by atoms with E-state index in [4.69, 9.17) is 11.6 Å². The topological polar surface area (TPSA) is 66.5 Å². The number of rotatable bonds is 4. The molecule has 1 heterocycles. The van der Waals surface area contributed by atoms with Gasteiger partial charge >= 0.3 is 0 Å². The molecule has 5 nitrogen and oxygen atoms in total. The summed E-state index contributed by atoms with van der Waals surface area (Å²) < 4.78 is 25.9. The van der Waals surface area contributed by atoms with Gasteiger partial charge in [0.1, 0.15) is 0 Å². The van der Waals surface area contributed by atoms with Crippen molar-refractivity contribution < 1.29 is 13.2 Å². The first-order valence-electron chi connectivity index (χ1n) is 6.04. The number of nitrogens with zero attached hydrogens (tertiary/aromatic N) is 1. The van der Waals surface area contributed by atoms with Crippen LogP contribution < -0.4 is 5.32 Å². The van der Waals surface area contributed by atoms with Crippen LogP contribution in [-0.4, -0.2) is 37.8 Å². The molecule has 0 unspecified atom stereocenters. The molecular weight excluding hydrogens is 300 g/mol. The molecule has 1 aromatic rings. The number of carbonyl (C=O) groups is 1. The average Bonchev–Trinajstić information content (AvgIpc) is 2.35. The molecule has 0 saturated carbocycles. The van der Waals surface area contributed by atoms with Gasteiger partial charge in [0, 0.05) is 18.1 Å². The van der Waals surface area contributed by atoms with Gasteiger partial charge in [-0.15, -0.1) is 0 Å². The van der Waals surface area contributed by atoms with E-state index in [-0.39, 0.29) is 29.9 Å². The number of sulfonamides is 1. The molecule has 0 radical (unpaired) electrons. The Labute approximate surface area is 123 Å². The Morgan fingerprint density at radius 3 is 2.70 bits per heavy atom. The summed E-state index contributed by atoms with van der Waals surface area (Å²) in [7, 11) is -3.55. The van der Waals surface area contributed by atoms with Crippen molar-refractivity contribution in [2.24, 2.45) is 0 Å². The van der Waals surface area contributed by atoms with Crippen LogP contribution in [-0.2, 0) is 14.8 Å². The van der Waals surface area contributed by atoms with Crippen LogP contribution in [0.3, 0.4) is 0 Å². The van der Waals surface area contributed by atoms with Gasteiger partial charge in [-0.2, -0.15) is 4.31 Å². The van der Waals surface area contributed by atoms with Crippen LogP contribution in [0.2, 0.25) is 5.02 Å². The van der Waals surface area contributed by atoms with Gasteiger partial charge in [0.25, 0.3) is 0 Å². The highest BCUT2D eigenvalue weighted by molar-refractivity contribution is 7.89. The van der Waals surface area contributed by atoms with E-state index in [9.17, 15) is 13.2 Å². The van der Waals surface area contributed by atoms with Crippen LogP contribution >= 0.6 is 11.6 Å². The molecule has 1 aliphatic heterocycles. The summed E-state index contributed by atoms with van der Waals surface area (Å²) in [6.45, 7) is 5.67. The Balaban J connectivity index is 2.08. The first kappa shape index (κ1) is 15.0. The van der Waals surface area contributed by atoms with Crippen LogP contribution in [0.25, 0.3) is 0 Å². The minimum atomic E-state index is -3.55. The predicted octanol–water partition coefficient (Wildman–Crippen LogP) is 1.32. The van der Waals surface area contributed by atoms with E-state index < -0.39 is 10.0 Å². The third-order valence-corrected chi connectivity index (χ3v) is 5.40. The van der Waals surface area contributed by atoms with Gasteiger partial charge in [0.2, 0.25) is 15.9 Å². The number of nitrogens with one attached hydrogen (secondary N) is 1. The fraction of sp³-hybridized carbons (Fsp3) is 0.308. The molecule has 2 rings (SSSR count). The maximum absolute atomic E-state index is 12.3. The summed E-state index contributed by atoms with van der Waals surface area (Å²) in [5, 5.41) is 3.07. The van der Waals surface area contributed by atoms with Crippen LogP contribution in [0.15, 0.2) is 35.7 Å². The second-order valence-corrected chi connectivity index (χ2v) is 6.99. The quantitative estimate of drug-likeness (QED) is 0.852. The predicted molar refractivity (Wildman–Crippen MR) is 77.1 cm³/mol. The van der Waals surface area contributed by atoms with E-state index in [0.29, 0.717) is 5.02 Å². The highest BCUT2D eigenvalue weighted by Gasteiger charge is 2.37. The van der Waals surface area contributed by atoms with E-state index in [1.807, 2.05) is 6.92 Å². The summed E-state index contributed by atoms with van der Waals surface area (Å²) in [5.74, 6) is -0.301. The van der Waals surface area contributed by atoms with Crippen molar-refractivity contribution in [2.45, 2.75) is 17.9 Å². The van der Waals surface area contributed by atoms with E-state index in [2.05, 4.69) is 11.9 Å². The van der Waals surface area contributed by atoms with Gasteiger partial charge in [0.05, 0.1) is 10.9 Å². The van der Waals surface area contributed by atoms with Gasteiger partial charge in [-0.25, -0.2) is 8.42 Å². The first-order valence-corrected chi connectivity index (χ1v) is 7.85. The van der Waals surface area contributed by atoms with Crippen molar-refractivity contribution in [3.05, 3.63) is 41.4 Å². The molecule has 20 heavy (non-hydrogen) atoms. The van der Waals surface area contributed by atoms with Crippen molar-refractivity contribution >= 4 is 27.5 Å². The summed E-state index contributed by atoms with van der Waals surface area (Å²) in [6, 6.07) is 4.48. The fourth-order valence-electron chi connectivity index (χ4n) is 1.87. The monoisotopic (exact) mass is 314 g/mol. The Hall–Kier alpha value is -1.37.